The summed E-state index contributed by atoms with van der Waals surface area (Å²) in [4.78, 5) is 8.57. The minimum atomic E-state index is -0.525. The van der Waals surface area contributed by atoms with Crippen molar-refractivity contribution in [3.63, 3.8) is 0 Å². The lowest BCUT2D eigenvalue weighted by atomic mass is 9.96. The highest BCUT2D eigenvalue weighted by molar-refractivity contribution is 5.47. The van der Waals surface area contributed by atoms with Crippen LogP contribution in [-0.4, -0.2) is 21.7 Å². The Bertz CT molecular complexity index is 624. The molecule has 110 valence electrons. The van der Waals surface area contributed by atoms with E-state index in [4.69, 9.17) is 14.5 Å². The molecule has 0 N–H and O–H groups in total. The van der Waals surface area contributed by atoms with Crippen molar-refractivity contribution < 1.29 is 9.26 Å². The molecule has 6 nitrogen and oxygen atoms in total. The molecule has 0 bridgehead atoms. The van der Waals surface area contributed by atoms with Crippen LogP contribution in [0.25, 0.3) is 11.6 Å². The average Bonchev–Trinajstić information content (AvgIpc) is 3.03. The molecule has 0 atom stereocenters. The van der Waals surface area contributed by atoms with Gasteiger partial charge in [0, 0.05) is 12.8 Å². The van der Waals surface area contributed by atoms with Crippen LogP contribution in [0.1, 0.15) is 45.0 Å². The number of aromatic nitrogens is 3. The van der Waals surface area contributed by atoms with E-state index in [0.29, 0.717) is 29.6 Å². The van der Waals surface area contributed by atoms with Crippen molar-refractivity contribution >= 4 is 0 Å². The molecular weight excluding hydrogens is 268 g/mol. The molecule has 0 radical (unpaired) electrons. The summed E-state index contributed by atoms with van der Waals surface area (Å²) in [6.45, 7) is 6.61. The van der Waals surface area contributed by atoms with Crippen LogP contribution in [-0.2, 0) is 10.3 Å². The van der Waals surface area contributed by atoms with Crippen LogP contribution < -0.4 is 0 Å². The van der Waals surface area contributed by atoms with Gasteiger partial charge in [0.15, 0.2) is 0 Å². The van der Waals surface area contributed by atoms with Crippen LogP contribution >= 0.6 is 0 Å². The Kier molecular flexibility index (Phi) is 4.66. The molecule has 21 heavy (non-hydrogen) atoms. The molecule has 0 aliphatic heterocycles. The van der Waals surface area contributed by atoms with Crippen molar-refractivity contribution in [1.82, 2.24) is 15.1 Å². The Morgan fingerprint density at radius 3 is 2.57 bits per heavy atom. The number of ether oxygens (including phenoxy) is 1. The Morgan fingerprint density at radius 1 is 1.29 bits per heavy atom. The second kappa shape index (κ2) is 6.46. The van der Waals surface area contributed by atoms with Crippen molar-refractivity contribution in [2.24, 2.45) is 0 Å². The summed E-state index contributed by atoms with van der Waals surface area (Å²) >= 11 is 0. The minimum Gasteiger partial charge on any atom is -0.367 e. The van der Waals surface area contributed by atoms with Gasteiger partial charge in [0.2, 0.25) is 5.82 Å². The summed E-state index contributed by atoms with van der Waals surface area (Å²) in [6.07, 6.45) is 3.00. The van der Waals surface area contributed by atoms with Gasteiger partial charge in [-0.2, -0.15) is 10.2 Å². The van der Waals surface area contributed by atoms with Gasteiger partial charge in [-0.25, -0.2) is 4.98 Å². The number of nitriles is 1. The summed E-state index contributed by atoms with van der Waals surface area (Å²) in [5, 5.41) is 12.8. The molecule has 2 aromatic heterocycles. The lowest BCUT2D eigenvalue weighted by Crippen LogP contribution is -2.29. The highest BCUT2D eigenvalue weighted by Crippen LogP contribution is 2.32. The third kappa shape index (κ3) is 2.93. The molecule has 2 heterocycles. The van der Waals surface area contributed by atoms with Gasteiger partial charge < -0.3 is 9.26 Å². The molecule has 2 aromatic rings. The Hall–Kier alpha value is -2.26. The first-order valence-electron chi connectivity index (χ1n) is 7.03. The van der Waals surface area contributed by atoms with E-state index in [2.05, 4.69) is 15.1 Å². The van der Waals surface area contributed by atoms with Gasteiger partial charge >= 0.3 is 0 Å². The number of nitrogens with zero attached hydrogens (tertiary/aromatic N) is 4. The first kappa shape index (κ1) is 15.1. The number of hydrogen-bond donors (Lipinski definition) is 0. The lowest BCUT2D eigenvalue weighted by Gasteiger charge is -2.27. The molecule has 0 saturated heterocycles. The first-order chi connectivity index (χ1) is 10.2. The summed E-state index contributed by atoms with van der Waals surface area (Å²) < 4.78 is 11.1. The second-order valence-corrected chi connectivity index (χ2v) is 4.60. The van der Waals surface area contributed by atoms with Gasteiger partial charge in [0.25, 0.3) is 5.89 Å². The van der Waals surface area contributed by atoms with E-state index in [0.717, 1.165) is 12.8 Å². The van der Waals surface area contributed by atoms with Gasteiger partial charge in [0.05, 0.1) is 5.56 Å². The smallest absolute Gasteiger partial charge is 0.276 e. The van der Waals surface area contributed by atoms with Crippen molar-refractivity contribution in [3.8, 4) is 17.7 Å². The van der Waals surface area contributed by atoms with E-state index >= 15 is 0 Å². The van der Waals surface area contributed by atoms with E-state index in [1.807, 2.05) is 26.8 Å². The van der Waals surface area contributed by atoms with Gasteiger partial charge in [0.1, 0.15) is 17.4 Å². The predicted molar refractivity (Wildman–Crippen MR) is 76.1 cm³/mol. The Morgan fingerprint density at radius 2 is 2.05 bits per heavy atom. The van der Waals surface area contributed by atoms with Crippen LogP contribution in [0.3, 0.4) is 0 Å². The molecule has 0 aliphatic carbocycles. The Balaban J connectivity index is 2.33. The minimum absolute atomic E-state index is 0.334. The summed E-state index contributed by atoms with van der Waals surface area (Å²) in [6, 6.07) is 5.38. The standard InChI is InChI=1S/C15H18N4O2/c1-4-15(5-2,20-6-3)14-18-13(21-19-14)12-8-7-11(9-16)10-17-12/h7-8,10H,4-6H2,1-3H3. The highest BCUT2D eigenvalue weighted by Gasteiger charge is 2.34. The number of pyridine rings is 1. The maximum atomic E-state index is 8.77. The zero-order chi connectivity index (χ0) is 15.3. The van der Waals surface area contributed by atoms with E-state index in [1.165, 1.54) is 6.20 Å². The average molecular weight is 286 g/mol. The van der Waals surface area contributed by atoms with Crippen LogP contribution in [0.4, 0.5) is 0 Å². The molecular formula is C15H18N4O2. The van der Waals surface area contributed by atoms with Crippen molar-refractivity contribution in [2.45, 2.75) is 39.2 Å². The Labute approximate surface area is 123 Å². The van der Waals surface area contributed by atoms with Gasteiger partial charge in [-0.05, 0) is 31.9 Å². The molecule has 0 spiro atoms. The maximum absolute atomic E-state index is 8.77. The van der Waals surface area contributed by atoms with E-state index in [1.54, 1.807) is 12.1 Å². The quantitative estimate of drug-likeness (QED) is 0.811. The molecule has 0 saturated carbocycles. The van der Waals surface area contributed by atoms with E-state index in [9.17, 15) is 0 Å². The molecule has 2 rings (SSSR count). The zero-order valence-corrected chi connectivity index (χ0v) is 12.5. The van der Waals surface area contributed by atoms with Crippen molar-refractivity contribution in [1.29, 1.82) is 5.26 Å². The van der Waals surface area contributed by atoms with Crippen LogP contribution in [0.15, 0.2) is 22.9 Å². The number of rotatable bonds is 6. The summed E-state index contributed by atoms with van der Waals surface area (Å²) in [7, 11) is 0. The van der Waals surface area contributed by atoms with Gasteiger partial charge in [-0.15, -0.1) is 0 Å². The fourth-order valence-electron chi connectivity index (χ4n) is 2.21. The normalized spacial score (nSPS) is 11.3. The number of hydrogen-bond acceptors (Lipinski definition) is 6. The predicted octanol–water partition coefficient (Wildman–Crippen LogP) is 3.06. The SMILES string of the molecule is CCOC(CC)(CC)c1noc(-c2ccc(C#N)cn2)n1. The fourth-order valence-corrected chi connectivity index (χ4v) is 2.21. The van der Waals surface area contributed by atoms with Crippen LogP contribution in [0, 0.1) is 11.3 Å². The lowest BCUT2D eigenvalue weighted by molar-refractivity contribution is -0.0583. The van der Waals surface area contributed by atoms with Crippen molar-refractivity contribution in [2.75, 3.05) is 6.61 Å². The topological polar surface area (TPSA) is 84.8 Å². The molecule has 0 aliphatic rings. The van der Waals surface area contributed by atoms with Gasteiger partial charge in [-0.3, -0.25) is 0 Å². The first-order valence-corrected chi connectivity index (χ1v) is 7.03. The summed E-state index contributed by atoms with van der Waals surface area (Å²) in [5.74, 6) is 0.871. The maximum Gasteiger partial charge on any atom is 0.276 e. The zero-order valence-electron chi connectivity index (χ0n) is 12.5. The molecule has 0 aromatic carbocycles. The van der Waals surface area contributed by atoms with E-state index < -0.39 is 5.60 Å². The molecule has 0 fully saturated rings. The third-order valence-electron chi connectivity index (χ3n) is 3.51. The fraction of sp³-hybridized carbons (Fsp3) is 0.467. The van der Waals surface area contributed by atoms with E-state index in [-0.39, 0.29) is 0 Å². The van der Waals surface area contributed by atoms with Crippen LogP contribution in [0.5, 0.6) is 0 Å². The van der Waals surface area contributed by atoms with Gasteiger partial charge in [-0.1, -0.05) is 19.0 Å². The molecule has 6 heteroatoms. The monoisotopic (exact) mass is 286 g/mol. The molecule has 0 amide bonds. The third-order valence-corrected chi connectivity index (χ3v) is 3.51. The highest BCUT2D eigenvalue weighted by atomic mass is 16.5. The second-order valence-electron chi connectivity index (χ2n) is 4.60. The van der Waals surface area contributed by atoms with Crippen molar-refractivity contribution in [3.05, 3.63) is 29.7 Å². The molecule has 0 unspecified atom stereocenters. The largest absolute Gasteiger partial charge is 0.367 e. The van der Waals surface area contributed by atoms with Crippen LogP contribution in [0.2, 0.25) is 0 Å². The summed E-state index contributed by atoms with van der Waals surface area (Å²) in [5.41, 5.74) is 0.512.